The van der Waals surface area contributed by atoms with Crippen LogP contribution < -0.4 is 5.32 Å². The lowest BCUT2D eigenvalue weighted by Crippen LogP contribution is -2.41. The van der Waals surface area contributed by atoms with E-state index in [1.54, 1.807) is 0 Å². The number of nitrogens with one attached hydrogen (secondary N) is 1. The smallest absolute Gasteiger partial charge is 0.348 e. The normalized spacial score (nSPS) is 12.6. The molecule has 0 saturated carbocycles. The Morgan fingerprint density at radius 2 is 1.75 bits per heavy atom. The molecule has 0 heterocycles. The molecule has 0 atom stereocenters. The number of carbonyl (C=O) groups is 1. The Morgan fingerprint density at radius 3 is 2.19 bits per heavy atom. The van der Waals surface area contributed by atoms with Gasteiger partial charge in [-0.2, -0.15) is 13.2 Å². The van der Waals surface area contributed by atoms with Gasteiger partial charge in [0.05, 0.1) is 0 Å². The molecule has 0 rings (SSSR count). The number of rotatable bonds is 6. The summed E-state index contributed by atoms with van der Waals surface area (Å²) in [5.41, 5.74) is -0.282. The Labute approximate surface area is 94.6 Å². The molecule has 0 saturated heterocycles. The van der Waals surface area contributed by atoms with Crippen molar-refractivity contribution in [3.8, 4) is 0 Å². The molecule has 96 valence electrons. The Balaban J connectivity index is 3.94. The molecule has 1 amide bonds. The molecular formula is C11H20F3NO. The fourth-order valence-corrected chi connectivity index (χ4v) is 1.36. The van der Waals surface area contributed by atoms with Crippen molar-refractivity contribution >= 4 is 5.91 Å². The van der Waals surface area contributed by atoms with E-state index in [9.17, 15) is 18.0 Å². The number of hydrogen-bond acceptors (Lipinski definition) is 1. The van der Waals surface area contributed by atoms with Gasteiger partial charge in [-0.15, -0.1) is 0 Å². The van der Waals surface area contributed by atoms with Crippen LogP contribution in [0.25, 0.3) is 0 Å². The molecule has 2 nitrogen and oxygen atoms in total. The number of carbonyl (C=O) groups excluding carboxylic acids is 1. The minimum absolute atomic E-state index is 0.0645. The molecular weight excluding hydrogens is 219 g/mol. The minimum atomic E-state index is -4.78. The molecule has 0 radical (unpaired) electrons. The van der Waals surface area contributed by atoms with E-state index in [4.69, 9.17) is 0 Å². The van der Waals surface area contributed by atoms with Crippen LogP contribution in [0.15, 0.2) is 0 Å². The third-order valence-corrected chi connectivity index (χ3v) is 2.44. The summed E-state index contributed by atoms with van der Waals surface area (Å²) >= 11 is 0. The molecule has 0 fully saturated rings. The van der Waals surface area contributed by atoms with E-state index >= 15 is 0 Å². The van der Waals surface area contributed by atoms with Crippen molar-refractivity contribution < 1.29 is 18.0 Å². The number of amides is 1. The molecule has 1 N–H and O–H groups in total. The SMILES string of the molecule is CCCCCC(C)(C)CNC(=O)C(F)(F)F. The summed E-state index contributed by atoms with van der Waals surface area (Å²) in [5.74, 6) is -1.85. The fraction of sp³-hybridized carbons (Fsp3) is 0.909. The third-order valence-electron chi connectivity index (χ3n) is 2.44. The van der Waals surface area contributed by atoms with E-state index in [2.05, 4.69) is 6.92 Å². The summed E-state index contributed by atoms with van der Waals surface area (Å²) in [7, 11) is 0. The third kappa shape index (κ3) is 6.69. The van der Waals surface area contributed by atoms with Crippen LogP contribution in [-0.2, 0) is 4.79 Å². The van der Waals surface area contributed by atoms with E-state index < -0.39 is 12.1 Å². The van der Waals surface area contributed by atoms with Gasteiger partial charge < -0.3 is 5.32 Å². The lowest BCUT2D eigenvalue weighted by Gasteiger charge is -2.25. The standard InChI is InChI=1S/C11H20F3NO/c1-4-5-6-7-10(2,3)8-15-9(16)11(12,13)14/h4-8H2,1-3H3,(H,15,16). The molecule has 0 aromatic rings. The molecule has 5 heteroatoms. The largest absolute Gasteiger partial charge is 0.471 e. The van der Waals surface area contributed by atoms with Gasteiger partial charge in [0.15, 0.2) is 0 Å². The van der Waals surface area contributed by atoms with Crippen LogP contribution in [0.5, 0.6) is 0 Å². The molecule has 0 aliphatic heterocycles. The van der Waals surface area contributed by atoms with Gasteiger partial charge in [0.25, 0.3) is 0 Å². The second-order valence-electron chi connectivity index (χ2n) is 4.80. The van der Waals surface area contributed by atoms with E-state index in [0.717, 1.165) is 25.7 Å². The van der Waals surface area contributed by atoms with Gasteiger partial charge in [-0.05, 0) is 11.8 Å². The lowest BCUT2D eigenvalue weighted by molar-refractivity contribution is -0.174. The number of alkyl halides is 3. The lowest BCUT2D eigenvalue weighted by atomic mass is 9.87. The Hall–Kier alpha value is -0.740. The highest BCUT2D eigenvalue weighted by Gasteiger charge is 2.39. The van der Waals surface area contributed by atoms with Crippen molar-refractivity contribution in [3.63, 3.8) is 0 Å². The molecule has 0 bridgehead atoms. The van der Waals surface area contributed by atoms with Gasteiger partial charge in [0.1, 0.15) is 0 Å². The molecule has 0 aromatic carbocycles. The second-order valence-corrected chi connectivity index (χ2v) is 4.80. The number of halogens is 3. The van der Waals surface area contributed by atoms with Gasteiger partial charge in [0.2, 0.25) is 0 Å². The van der Waals surface area contributed by atoms with Gasteiger partial charge >= 0.3 is 12.1 Å². The van der Waals surface area contributed by atoms with Crippen molar-refractivity contribution in [2.24, 2.45) is 5.41 Å². The average molecular weight is 239 g/mol. The maximum absolute atomic E-state index is 11.9. The summed E-state index contributed by atoms with van der Waals surface area (Å²) in [5, 5.41) is 1.93. The van der Waals surface area contributed by atoms with Crippen LogP contribution >= 0.6 is 0 Å². The molecule has 0 aliphatic rings. The van der Waals surface area contributed by atoms with E-state index in [1.165, 1.54) is 0 Å². The molecule has 0 unspecified atom stereocenters. The monoisotopic (exact) mass is 239 g/mol. The average Bonchev–Trinajstić information content (AvgIpc) is 2.13. The van der Waals surface area contributed by atoms with E-state index in [1.807, 2.05) is 19.2 Å². The highest BCUT2D eigenvalue weighted by Crippen LogP contribution is 2.23. The second kappa shape index (κ2) is 6.11. The minimum Gasteiger partial charge on any atom is -0.348 e. The first-order valence-corrected chi connectivity index (χ1v) is 5.54. The highest BCUT2D eigenvalue weighted by molar-refractivity contribution is 5.81. The zero-order chi connectivity index (χ0) is 12.8. The Morgan fingerprint density at radius 1 is 1.19 bits per heavy atom. The van der Waals surface area contributed by atoms with Crippen molar-refractivity contribution in [3.05, 3.63) is 0 Å². The summed E-state index contributed by atoms with van der Waals surface area (Å²) < 4.78 is 35.8. The van der Waals surface area contributed by atoms with Crippen molar-refractivity contribution in [1.29, 1.82) is 0 Å². The summed E-state index contributed by atoms with van der Waals surface area (Å²) in [6.45, 7) is 5.85. The van der Waals surface area contributed by atoms with Crippen molar-refractivity contribution in [2.45, 2.75) is 52.6 Å². The Bertz CT molecular complexity index is 224. The van der Waals surface area contributed by atoms with Gasteiger partial charge in [-0.3, -0.25) is 4.79 Å². The zero-order valence-corrected chi connectivity index (χ0v) is 10.1. The highest BCUT2D eigenvalue weighted by atomic mass is 19.4. The van der Waals surface area contributed by atoms with E-state index in [-0.39, 0.29) is 12.0 Å². The van der Waals surface area contributed by atoms with E-state index in [0.29, 0.717) is 0 Å². The van der Waals surface area contributed by atoms with Crippen LogP contribution in [0.4, 0.5) is 13.2 Å². The number of unbranched alkanes of at least 4 members (excludes halogenated alkanes) is 2. The predicted octanol–water partition coefficient (Wildman–Crippen LogP) is 3.27. The summed E-state index contributed by atoms with van der Waals surface area (Å²) in [4.78, 5) is 10.6. The molecule has 0 aromatic heterocycles. The maximum Gasteiger partial charge on any atom is 0.471 e. The Kier molecular flexibility index (Phi) is 5.83. The first-order valence-electron chi connectivity index (χ1n) is 5.54. The molecule has 16 heavy (non-hydrogen) atoms. The van der Waals surface area contributed by atoms with Gasteiger partial charge in [-0.1, -0.05) is 40.0 Å². The van der Waals surface area contributed by atoms with Crippen LogP contribution in [0.2, 0.25) is 0 Å². The van der Waals surface area contributed by atoms with Crippen LogP contribution in [0.1, 0.15) is 46.5 Å². The fourth-order valence-electron chi connectivity index (χ4n) is 1.36. The number of hydrogen-bond donors (Lipinski definition) is 1. The van der Waals surface area contributed by atoms with Gasteiger partial charge in [0, 0.05) is 6.54 Å². The van der Waals surface area contributed by atoms with Crippen molar-refractivity contribution in [2.75, 3.05) is 6.54 Å². The van der Waals surface area contributed by atoms with Crippen molar-refractivity contribution in [1.82, 2.24) is 5.32 Å². The van der Waals surface area contributed by atoms with Crippen LogP contribution in [0.3, 0.4) is 0 Å². The zero-order valence-electron chi connectivity index (χ0n) is 10.1. The first-order chi connectivity index (χ1) is 7.19. The van der Waals surface area contributed by atoms with Crippen LogP contribution in [0, 0.1) is 5.41 Å². The summed E-state index contributed by atoms with van der Waals surface area (Å²) in [6, 6.07) is 0. The molecule has 0 spiro atoms. The molecule has 0 aliphatic carbocycles. The quantitative estimate of drug-likeness (QED) is 0.708. The maximum atomic E-state index is 11.9. The predicted molar refractivity (Wildman–Crippen MR) is 57.0 cm³/mol. The first kappa shape index (κ1) is 15.3. The van der Waals surface area contributed by atoms with Crippen LogP contribution in [-0.4, -0.2) is 18.6 Å². The van der Waals surface area contributed by atoms with Gasteiger partial charge in [-0.25, -0.2) is 0 Å². The summed E-state index contributed by atoms with van der Waals surface area (Å²) in [6.07, 6.45) is -0.842. The topological polar surface area (TPSA) is 29.1 Å².